The summed E-state index contributed by atoms with van der Waals surface area (Å²) in [6.07, 6.45) is -0.811. The summed E-state index contributed by atoms with van der Waals surface area (Å²) in [6.45, 7) is 4.33. The molecule has 30 heavy (non-hydrogen) atoms. The van der Waals surface area contributed by atoms with Gasteiger partial charge in [0.15, 0.2) is 18.2 Å². The number of pyridine rings is 1. The van der Waals surface area contributed by atoms with Crippen molar-refractivity contribution in [1.82, 2.24) is 10.3 Å². The van der Waals surface area contributed by atoms with Crippen molar-refractivity contribution in [2.24, 2.45) is 5.73 Å². The van der Waals surface area contributed by atoms with Gasteiger partial charge in [-0.25, -0.2) is 18.0 Å². The third kappa shape index (κ3) is 7.27. The van der Waals surface area contributed by atoms with Crippen molar-refractivity contribution in [2.75, 3.05) is 11.9 Å². The van der Waals surface area contributed by atoms with E-state index in [9.17, 15) is 22.8 Å². The van der Waals surface area contributed by atoms with Gasteiger partial charge in [0, 0.05) is 12.1 Å². The van der Waals surface area contributed by atoms with Crippen molar-refractivity contribution in [1.29, 1.82) is 0 Å². The maximum Gasteiger partial charge on any atom is 0.407 e. The number of nitrogens with zero attached hydrogens (tertiary/aromatic N) is 1. The van der Waals surface area contributed by atoms with E-state index >= 15 is 0 Å². The molecule has 1 aromatic heterocycles. The lowest BCUT2D eigenvalue weighted by Gasteiger charge is -2.31. The number of primary amides is 1. The van der Waals surface area contributed by atoms with Crippen LogP contribution in [0.1, 0.15) is 56.8 Å². The van der Waals surface area contributed by atoms with Crippen LogP contribution in [0, 0.1) is 5.82 Å². The van der Waals surface area contributed by atoms with E-state index in [1.165, 1.54) is 0 Å². The molecule has 2 rings (SSSR count). The first-order valence-corrected chi connectivity index (χ1v) is 9.62. The van der Waals surface area contributed by atoms with Gasteiger partial charge in [0.1, 0.15) is 11.2 Å². The van der Waals surface area contributed by atoms with Crippen molar-refractivity contribution >= 4 is 17.8 Å². The van der Waals surface area contributed by atoms with E-state index in [1.807, 2.05) is 0 Å². The standard InChI is InChI=1S/C19H27F3N4O4/c1-19(2,3)30-18(28)25-11-6-4-10(5-7-11)24-16-13(20)8-12(15(23)27)17(26-16)29-9-14(21)22/h8,10-11,14H,4-7,9H2,1-3H3,(H2,23,27)(H,24,26)(H,25,28). The molecule has 0 radical (unpaired) electrons. The summed E-state index contributed by atoms with van der Waals surface area (Å²) >= 11 is 0. The summed E-state index contributed by atoms with van der Waals surface area (Å²) < 4.78 is 49.2. The van der Waals surface area contributed by atoms with Gasteiger partial charge in [0.25, 0.3) is 12.3 Å². The molecular formula is C19H27F3N4O4. The summed E-state index contributed by atoms with van der Waals surface area (Å²) in [7, 11) is 0. The van der Waals surface area contributed by atoms with E-state index in [0.717, 1.165) is 6.07 Å². The number of anilines is 1. The molecule has 1 heterocycles. The van der Waals surface area contributed by atoms with Crippen LogP contribution in [0.25, 0.3) is 0 Å². The van der Waals surface area contributed by atoms with Crippen molar-refractivity contribution in [3.05, 3.63) is 17.4 Å². The molecule has 0 bridgehead atoms. The summed E-state index contributed by atoms with van der Waals surface area (Å²) in [5.41, 5.74) is 4.14. The zero-order valence-electron chi connectivity index (χ0n) is 17.1. The number of hydrogen-bond acceptors (Lipinski definition) is 6. The number of carbonyl (C=O) groups is 2. The van der Waals surface area contributed by atoms with Crippen molar-refractivity contribution < 1.29 is 32.2 Å². The number of nitrogens with one attached hydrogen (secondary N) is 2. The first kappa shape index (κ1) is 23.6. The number of alkyl carbamates (subject to hydrolysis) is 1. The molecule has 1 fully saturated rings. The van der Waals surface area contributed by atoms with Gasteiger partial charge >= 0.3 is 6.09 Å². The Morgan fingerprint density at radius 3 is 2.37 bits per heavy atom. The summed E-state index contributed by atoms with van der Waals surface area (Å²) in [5.74, 6) is -2.55. The fourth-order valence-corrected chi connectivity index (χ4v) is 3.05. The van der Waals surface area contributed by atoms with Crippen LogP contribution in [-0.2, 0) is 4.74 Å². The number of hydrogen-bond donors (Lipinski definition) is 3. The molecule has 0 unspecified atom stereocenters. The zero-order chi connectivity index (χ0) is 22.5. The number of halogens is 3. The van der Waals surface area contributed by atoms with E-state index in [-0.39, 0.29) is 17.9 Å². The van der Waals surface area contributed by atoms with Crippen LogP contribution in [-0.4, -0.2) is 47.7 Å². The Bertz CT molecular complexity index is 763. The van der Waals surface area contributed by atoms with E-state index < -0.39 is 47.9 Å². The molecule has 11 heteroatoms. The number of alkyl halides is 2. The lowest BCUT2D eigenvalue weighted by Crippen LogP contribution is -2.42. The molecule has 1 aliphatic rings. The number of carbonyl (C=O) groups excluding carboxylic acids is 2. The van der Waals surface area contributed by atoms with Gasteiger partial charge in [-0.2, -0.15) is 4.98 Å². The molecule has 0 spiro atoms. The average Bonchev–Trinajstić information content (AvgIpc) is 2.61. The number of aromatic nitrogens is 1. The van der Waals surface area contributed by atoms with Crippen LogP contribution in [0.2, 0.25) is 0 Å². The number of rotatable bonds is 7. The molecule has 1 aliphatic carbocycles. The second-order valence-electron chi connectivity index (χ2n) is 8.08. The largest absolute Gasteiger partial charge is 0.471 e. The van der Waals surface area contributed by atoms with Gasteiger partial charge in [0.05, 0.1) is 0 Å². The Labute approximate surface area is 172 Å². The first-order valence-electron chi connectivity index (χ1n) is 9.62. The second-order valence-corrected chi connectivity index (χ2v) is 8.08. The van der Waals surface area contributed by atoms with Crippen molar-refractivity contribution in [3.8, 4) is 5.88 Å². The van der Waals surface area contributed by atoms with Gasteiger partial charge in [-0.3, -0.25) is 4.79 Å². The van der Waals surface area contributed by atoms with Gasteiger partial charge in [-0.05, 0) is 52.5 Å². The average molecular weight is 432 g/mol. The third-order valence-corrected chi connectivity index (χ3v) is 4.34. The SMILES string of the molecule is CC(C)(C)OC(=O)NC1CCC(Nc2nc(OCC(F)F)c(C(N)=O)cc2F)CC1. The van der Waals surface area contributed by atoms with Gasteiger partial charge in [-0.1, -0.05) is 0 Å². The molecule has 8 nitrogen and oxygen atoms in total. The van der Waals surface area contributed by atoms with E-state index in [2.05, 4.69) is 15.6 Å². The Balaban J connectivity index is 1.97. The maximum absolute atomic E-state index is 14.3. The number of ether oxygens (including phenoxy) is 2. The predicted octanol–water partition coefficient (Wildman–Crippen LogP) is 3.21. The minimum atomic E-state index is -2.79. The highest BCUT2D eigenvalue weighted by Gasteiger charge is 2.26. The highest BCUT2D eigenvalue weighted by molar-refractivity contribution is 5.95. The van der Waals surface area contributed by atoms with E-state index in [4.69, 9.17) is 15.2 Å². The molecular weight excluding hydrogens is 405 g/mol. The molecule has 0 saturated heterocycles. The van der Waals surface area contributed by atoms with Crippen molar-refractivity contribution in [3.63, 3.8) is 0 Å². The molecule has 1 aromatic rings. The van der Waals surface area contributed by atoms with Crippen LogP contribution < -0.4 is 21.1 Å². The molecule has 0 atom stereocenters. The van der Waals surface area contributed by atoms with Gasteiger partial charge in [-0.15, -0.1) is 0 Å². The third-order valence-electron chi connectivity index (χ3n) is 4.34. The molecule has 1 saturated carbocycles. The quantitative estimate of drug-likeness (QED) is 0.609. The summed E-state index contributed by atoms with van der Waals surface area (Å²) in [6, 6.07) is 0.581. The minimum Gasteiger partial charge on any atom is -0.471 e. The Morgan fingerprint density at radius 1 is 1.23 bits per heavy atom. The number of amides is 2. The highest BCUT2D eigenvalue weighted by atomic mass is 19.3. The fourth-order valence-electron chi connectivity index (χ4n) is 3.05. The highest BCUT2D eigenvalue weighted by Crippen LogP contribution is 2.27. The first-order chi connectivity index (χ1) is 13.9. The van der Waals surface area contributed by atoms with Crippen LogP contribution >= 0.6 is 0 Å². The minimum absolute atomic E-state index is 0.0714. The lowest BCUT2D eigenvalue weighted by molar-refractivity contribution is 0.0492. The van der Waals surface area contributed by atoms with Crippen LogP contribution in [0.5, 0.6) is 5.88 Å². The Kier molecular flexibility index (Phi) is 7.74. The van der Waals surface area contributed by atoms with Gasteiger partial charge < -0.3 is 25.8 Å². The van der Waals surface area contributed by atoms with E-state index in [0.29, 0.717) is 25.7 Å². The molecule has 0 aliphatic heterocycles. The maximum atomic E-state index is 14.3. The Hall–Kier alpha value is -2.72. The van der Waals surface area contributed by atoms with Crippen molar-refractivity contribution in [2.45, 2.75) is 70.6 Å². The summed E-state index contributed by atoms with van der Waals surface area (Å²) in [5, 5.41) is 5.71. The monoisotopic (exact) mass is 432 g/mol. The summed E-state index contributed by atoms with van der Waals surface area (Å²) in [4.78, 5) is 27.1. The predicted molar refractivity (Wildman–Crippen MR) is 103 cm³/mol. The second kappa shape index (κ2) is 9.86. The smallest absolute Gasteiger partial charge is 0.407 e. The van der Waals surface area contributed by atoms with Gasteiger partial charge in [0.2, 0.25) is 5.88 Å². The lowest BCUT2D eigenvalue weighted by atomic mass is 9.91. The Morgan fingerprint density at radius 2 is 1.83 bits per heavy atom. The fraction of sp³-hybridized carbons (Fsp3) is 0.632. The zero-order valence-corrected chi connectivity index (χ0v) is 17.1. The molecule has 0 aromatic carbocycles. The van der Waals surface area contributed by atoms with Crippen LogP contribution in [0.3, 0.4) is 0 Å². The normalized spacial score (nSPS) is 19.3. The number of nitrogens with two attached hydrogens (primary N) is 1. The van der Waals surface area contributed by atoms with Crippen LogP contribution in [0.4, 0.5) is 23.8 Å². The molecule has 4 N–H and O–H groups in total. The molecule has 168 valence electrons. The van der Waals surface area contributed by atoms with E-state index in [1.54, 1.807) is 20.8 Å². The van der Waals surface area contributed by atoms with Crippen LogP contribution in [0.15, 0.2) is 6.07 Å². The topological polar surface area (TPSA) is 116 Å². The molecule has 2 amide bonds.